The summed E-state index contributed by atoms with van der Waals surface area (Å²) in [5.41, 5.74) is 5.69. The van der Waals surface area contributed by atoms with Crippen molar-refractivity contribution >= 4 is 11.7 Å². The Balaban J connectivity index is 2.27. The third kappa shape index (κ3) is 4.67. The number of amides is 1. The first-order valence-electron chi connectivity index (χ1n) is 6.06. The maximum atomic E-state index is 11.7. The topological polar surface area (TPSA) is 84.1 Å². The standard InChI is InChI=1S/C12H21N5O/c1-9(2)17(3)6-4-5-14-12(18)10-7-16-11(13)8-15-10/h7-9H,4-6H2,1-3H3,(H2,13,16)(H,14,18). The van der Waals surface area contributed by atoms with Crippen LogP contribution in [0.5, 0.6) is 0 Å². The third-order valence-corrected chi connectivity index (χ3v) is 2.76. The van der Waals surface area contributed by atoms with Crippen molar-refractivity contribution in [2.45, 2.75) is 26.3 Å². The summed E-state index contributed by atoms with van der Waals surface area (Å²) in [7, 11) is 2.07. The Kier molecular flexibility index (Phi) is 5.51. The van der Waals surface area contributed by atoms with Crippen LogP contribution >= 0.6 is 0 Å². The summed E-state index contributed by atoms with van der Waals surface area (Å²) in [6, 6.07) is 0.517. The van der Waals surface area contributed by atoms with Crippen molar-refractivity contribution < 1.29 is 4.79 Å². The summed E-state index contributed by atoms with van der Waals surface area (Å²) >= 11 is 0. The maximum absolute atomic E-state index is 11.7. The number of rotatable bonds is 6. The highest BCUT2D eigenvalue weighted by Gasteiger charge is 2.07. The molecule has 1 heterocycles. The summed E-state index contributed by atoms with van der Waals surface area (Å²) in [5.74, 6) is 0.0970. The molecule has 6 heteroatoms. The third-order valence-electron chi connectivity index (χ3n) is 2.76. The molecular weight excluding hydrogens is 230 g/mol. The van der Waals surface area contributed by atoms with E-state index in [2.05, 4.69) is 41.1 Å². The Morgan fingerprint density at radius 1 is 1.44 bits per heavy atom. The van der Waals surface area contributed by atoms with Gasteiger partial charge in [-0.2, -0.15) is 0 Å². The lowest BCUT2D eigenvalue weighted by Crippen LogP contribution is -2.31. The highest BCUT2D eigenvalue weighted by atomic mass is 16.1. The average molecular weight is 251 g/mol. The molecule has 1 aromatic heterocycles. The zero-order chi connectivity index (χ0) is 13.5. The van der Waals surface area contributed by atoms with E-state index in [0.717, 1.165) is 13.0 Å². The molecule has 6 nitrogen and oxygen atoms in total. The number of aromatic nitrogens is 2. The minimum Gasteiger partial charge on any atom is -0.382 e. The SMILES string of the molecule is CC(C)N(C)CCCNC(=O)c1cnc(N)cn1. The number of carbonyl (C=O) groups excluding carboxylic acids is 1. The summed E-state index contributed by atoms with van der Waals surface area (Å²) in [6.07, 6.45) is 3.66. The minimum absolute atomic E-state index is 0.213. The highest BCUT2D eigenvalue weighted by molar-refractivity contribution is 5.91. The van der Waals surface area contributed by atoms with Gasteiger partial charge < -0.3 is 16.0 Å². The molecule has 0 aliphatic rings. The van der Waals surface area contributed by atoms with Gasteiger partial charge >= 0.3 is 0 Å². The van der Waals surface area contributed by atoms with Crippen molar-refractivity contribution in [2.24, 2.45) is 0 Å². The lowest BCUT2D eigenvalue weighted by Gasteiger charge is -2.20. The van der Waals surface area contributed by atoms with Crippen LogP contribution in [-0.4, -0.2) is 47.0 Å². The molecule has 1 amide bonds. The maximum Gasteiger partial charge on any atom is 0.271 e. The molecule has 0 aliphatic carbocycles. The molecule has 0 spiro atoms. The lowest BCUT2D eigenvalue weighted by atomic mass is 10.3. The molecule has 0 saturated heterocycles. The zero-order valence-corrected chi connectivity index (χ0v) is 11.2. The lowest BCUT2D eigenvalue weighted by molar-refractivity contribution is 0.0946. The highest BCUT2D eigenvalue weighted by Crippen LogP contribution is 1.97. The fourth-order valence-electron chi connectivity index (χ4n) is 1.33. The molecule has 18 heavy (non-hydrogen) atoms. The van der Waals surface area contributed by atoms with Crippen LogP contribution in [-0.2, 0) is 0 Å². The number of nitrogens with two attached hydrogens (primary N) is 1. The van der Waals surface area contributed by atoms with Crippen LogP contribution in [0.25, 0.3) is 0 Å². The van der Waals surface area contributed by atoms with E-state index in [1.165, 1.54) is 12.4 Å². The second kappa shape index (κ2) is 6.90. The normalized spacial score (nSPS) is 10.9. The van der Waals surface area contributed by atoms with E-state index in [4.69, 9.17) is 5.73 Å². The molecular formula is C12H21N5O. The fourth-order valence-corrected chi connectivity index (χ4v) is 1.33. The molecule has 0 aromatic carbocycles. The van der Waals surface area contributed by atoms with Crippen LogP contribution in [0.2, 0.25) is 0 Å². The molecule has 0 unspecified atom stereocenters. The summed E-state index contributed by atoms with van der Waals surface area (Å²) in [4.78, 5) is 21.6. The number of nitrogens with zero attached hydrogens (tertiary/aromatic N) is 3. The fraction of sp³-hybridized carbons (Fsp3) is 0.583. The number of carbonyl (C=O) groups is 1. The van der Waals surface area contributed by atoms with Crippen LogP contribution in [0.1, 0.15) is 30.8 Å². The van der Waals surface area contributed by atoms with E-state index in [1.807, 2.05) is 0 Å². The molecule has 0 saturated carbocycles. The molecule has 0 radical (unpaired) electrons. The van der Waals surface area contributed by atoms with Crippen molar-refractivity contribution in [1.29, 1.82) is 0 Å². The predicted octanol–water partition coefficient (Wildman–Crippen LogP) is 0.519. The van der Waals surface area contributed by atoms with E-state index in [0.29, 0.717) is 24.1 Å². The minimum atomic E-state index is -0.213. The van der Waals surface area contributed by atoms with Gasteiger partial charge in [-0.25, -0.2) is 9.97 Å². The van der Waals surface area contributed by atoms with Crippen molar-refractivity contribution in [2.75, 3.05) is 25.9 Å². The first-order valence-corrected chi connectivity index (χ1v) is 6.06. The summed E-state index contributed by atoms with van der Waals surface area (Å²) in [6.45, 7) is 5.86. The Morgan fingerprint density at radius 2 is 2.17 bits per heavy atom. The van der Waals surface area contributed by atoms with Gasteiger partial charge in [0.05, 0.1) is 12.4 Å². The van der Waals surface area contributed by atoms with Gasteiger partial charge in [-0.05, 0) is 33.9 Å². The van der Waals surface area contributed by atoms with Crippen molar-refractivity contribution in [3.8, 4) is 0 Å². The quantitative estimate of drug-likeness (QED) is 0.720. The van der Waals surface area contributed by atoms with Crippen LogP contribution in [0.3, 0.4) is 0 Å². The molecule has 0 aliphatic heterocycles. The summed E-state index contributed by atoms with van der Waals surface area (Å²) < 4.78 is 0. The van der Waals surface area contributed by atoms with Crippen molar-refractivity contribution in [3.63, 3.8) is 0 Å². The van der Waals surface area contributed by atoms with E-state index in [9.17, 15) is 4.79 Å². The molecule has 1 rings (SSSR count). The van der Waals surface area contributed by atoms with Crippen LogP contribution in [0.15, 0.2) is 12.4 Å². The van der Waals surface area contributed by atoms with Gasteiger partial charge in [-0.1, -0.05) is 0 Å². The second-order valence-electron chi connectivity index (χ2n) is 4.51. The second-order valence-corrected chi connectivity index (χ2v) is 4.51. The van der Waals surface area contributed by atoms with E-state index in [1.54, 1.807) is 0 Å². The van der Waals surface area contributed by atoms with Gasteiger partial charge in [0.15, 0.2) is 0 Å². The Hall–Kier alpha value is -1.69. The number of hydrogen-bond acceptors (Lipinski definition) is 5. The number of hydrogen-bond donors (Lipinski definition) is 2. The number of anilines is 1. The first-order chi connectivity index (χ1) is 8.50. The van der Waals surface area contributed by atoms with Crippen molar-refractivity contribution in [3.05, 3.63) is 18.1 Å². The predicted molar refractivity (Wildman–Crippen MR) is 71.2 cm³/mol. The van der Waals surface area contributed by atoms with Gasteiger partial charge in [0.2, 0.25) is 0 Å². The number of nitrogens with one attached hydrogen (secondary N) is 1. The molecule has 0 bridgehead atoms. The zero-order valence-electron chi connectivity index (χ0n) is 11.2. The molecule has 1 aromatic rings. The Labute approximate surface area is 108 Å². The van der Waals surface area contributed by atoms with E-state index in [-0.39, 0.29) is 5.91 Å². The molecule has 0 atom stereocenters. The largest absolute Gasteiger partial charge is 0.382 e. The average Bonchev–Trinajstić information content (AvgIpc) is 2.34. The van der Waals surface area contributed by atoms with Crippen LogP contribution < -0.4 is 11.1 Å². The van der Waals surface area contributed by atoms with Gasteiger partial charge in [-0.15, -0.1) is 0 Å². The smallest absolute Gasteiger partial charge is 0.271 e. The van der Waals surface area contributed by atoms with E-state index < -0.39 is 0 Å². The Bertz CT molecular complexity index is 377. The number of nitrogen functional groups attached to an aromatic ring is 1. The molecule has 0 fully saturated rings. The van der Waals surface area contributed by atoms with Gasteiger partial charge in [0.1, 0.15) is 11.5 Å². The monoisotopic (exact) mass is 251 g/mol. The Morgan fingerprint density at radius 3 is 2.72 bits per heavy atom. The van der Waals surface area contributed by atoms with E-state index >= 15 is 0 Å². The van der Waals surface area contributed by atoms with Gasteiger partial charge in [-0.3, -0.25) is 4.79 Å². The van der Waals surface area contributed by atoms with Gasteiger partial charge in [0, 0.05) is 12.6 Å². The van der Waals surface area contributed by atoms with Gasteiger partial charge in [0.25, 0.3) is 5.91 Å². The molecule has 3 N–H and O–H groups in total. The molecule has 100 valence electrons. The van der Waals surface area contributed by atoms with Crippen LogP contribution in [0.4, 0.5) is 5.82 Å². The summed E-state index contributed by atoms with van der Waals surface area (Å²) in [5, 5.41) is 2.80. The first kappa shape index (κ1) is 14.4. The van der Waals surface area contributed by atoms with Crippen molar-refractivity contribution in [1.82, 2.24) is 20.2 Å². The van der Waals surface area contributed by atoms with Crippen LogP contribution in [0, 0.1) is 0 Å².